The third kappa shape index (κ3) is 4.72. The molecular weight excluding hydrogens is 372 g/mol. The Hall–Kier alpha value is -0.141. The molecule has 1 aromatic rings. The van der Waals surface area contributed by atoms with Crippen LogP contribution < -0.4 is 8.30 Å². The molecule has 0 aliphatic heterocycles. The van der Waals surface area contributed by atoms with Crippen LogP contribution in [0.3, 0.4) is 0 Å². The molecule has 6 heteroatoms. The van der Waals surface area contributed by atoms with E-state index in [4.69, 9.17) is 0 Å². The van der Waals surface area contributed by atoms with Crippen molar-refractivity contribution < 1.29 is 12.8 Å². The second-order valence-corrected chi connectivity index (χ2v) is 22.3. The fourth-order valence-electron chi connectivity index (χ4n) is 1.76. The normalized spacial score (nSPS) is 14.4. The second-order valence-electron chi connectivity index (χ2n) is 5.73. The molecule has 19 heavy (non-hydrogen) atoms. The molecule has 0 saturated heterocycles. The van der Waals surface area contributed by atoms with E-state index >= 15 is 0 Å². The van der Waals surface area contributed by atoms with Crippen LogP contribution in [0.15, 0.2) is 18.2 Å². The first-order valence-corrected chi connectivity index (χ1v) is 18.0. The van der Waals surface area contributed by atoms with E-state index in [0.717, 1.165) is 0 Å². The quantitative estimate of drug-likeness (QED) is 0.780. The number of halogens is 1. The fraction of sp³-hybridized carbons (Fsp3) is 0.538. The fourth-order valence-corrected chi connectivity index (χ4v) is 5.94. The van der Waals surface area contributed by atoms with E-state index in [2.05, 4.69) is 19.5 Å². The van der Waals surface area contributed by atoms with E-state index in [0.29, 0.717) is 5.56 Å². The van der Waals surface area contributed by atoms with Gasteiger partial charge in [0.1, 0.15) is 0 Å². The Bertz CT molecular complexity index is 552. The number of hydrogen-bond acceptors (Lipinski definition) is 2. The molecule has 0 saturated carbocycles. The minimum atomic E-state index is -3.33. The molecule has 0 aliphatic rings. The number of sulfonamides is 1. The average molecular weight is 394 g/mol. The molecule has 1 atom stereocenters. The van der Waals surface area contributed by atoms with Crippen molar-refractivity contribution in [2.75, 3.05) is 5.75 Å². The van der Waals surface area contributed by atoms with Gasteiger partial charge in [0.15, 0.2) is 0 Å². The van der Waals surface area contributed by atoms with E-state index in [-0.39, 0.29) is 11.6 Å². The zero-order chi connectivity index (χ0) is 14.8. The van der Waals surface area contributed by atoms with Crippen molar-refractivity contribution in [2.45, 2.75) is 34.7 Å². The van der Waals surface area contributed by atoms with Gasteiger partial charge in [-0.05, 0) is 0 Å². The van der Waals surface area contributed by atoms with Gasteiger partial charge in [-0.15, -0.1) is 0 Å². The molecule has 0 aliphatic carbocycles. The first-order valence-electron chi connectivity index (χ1n) is 6.36. The van der Waals surface area contributed by atoms with E-state index in [9.17, 15) is 12.8 Å². The molecule has 0 fully saturated rings. The summed E-state index contributed by atoms with van der Waals surface area (Å²) in [6, 6.07) is 4.56. The van der Waals surface area contributed by atoms with Gasteiger partial charge in [0, 0.05) is 0 Å². The first-order chi connectivity index (χ1) is 8.57. The first kappa shape index (κ1) is 16.9. The van der Waals surface area contributed by atoms with Crippen LogP contribution in [-0.4, -0.2) is 32.5 Å². The second kappa shape index (κ2) is 6.09. The molecule has 0 bridgehead atoms. The molecular formula is C13H22FNO2SSn. The third-order valence-electron chi connectivity index (χ3n) is 3.06. The Labute approximate surface area is 119 Å². The van der Waals surface area contributed by atoms with Crippen LogP contribution in [0, 0.1) is 5.82 Å². The van der Waals surface area contributed by atoms with Gasteiger partial charge < -0.3 is 0 Å². The third-order valence-corrected chi connectivity index (χ3v) is 10.4. The predicted molar refractivity (Wildman–Crippen MR) is 80.4 cm³/mol. The van der Waals surface area contributed by atoms with Gasteiger partial charge in [-0.25, -0.2) is 0 Å². The summed E-state index contributed by atoms with van der Waals surface area (Å²) < 4.78 is 40.7. The monoisotopic (exact) mass is 395 g/mol. The minimum absolute atomic E-state index is 0.00283. The van der Waals surface area contributed by atoms with Gasteiger partial charge in [0.2, 0.25) is 0 Å². The molecule has 0 radical (unpaired) electrons. The van der Waals surface area contributed by atoms with Gasteiger partial charge in [-0.1, -0.05) is 0 Å². The summed E-state index contributed by atoms with van der Waals surface area (Å²) in [6.07, 6.45) is 0. The van der Waals surface area contributed by atoms with E-state index in [1.54, 1.807) is 13.8 Å². The summed E-state index contributed by atoms with van der Waals surface area (Å²) in [5.74, 6) is -0.359. The van der Waals surface area contributed by atoms with Crippen molar-refractivity contribution in [3.05, 3.63) is 29.6 Å². The standard InChI is InChI=1S/C10H13FNO2S.3CH3.Sn/c1-3-15(13,14)12-8(2)9-6-4-5-7-10(9)11;;;;/h5-8,12H,3H2,1-2H3;3*1H3;. The van der Waals surface area contributed by atoms with E-state index in [1.807, 2.05) is 12.1 Å². The SMILES string of the molecule is CCS(=O)(=O)NC(C)c1c[c]([Sn]([CH3])([CH3])[CH3])ccc1F. The van der Waals surface area contributed by atoms with Crippen molar-refractivity contribution in [3.63, 3.8) is 0 Å². The Morgan fingerprint density at radius 3 is 2.37 bits per heavy atom. The van der Waals surface area contributed by atoms with Crippen molar-refractivity contribution >= 4 is 32.0 Å². The predicted octanol–water partition coefficient (Wildman–Crippen LogP) is 2.37. The van der Waals surface area contributed by atoms with Gasteiger partial charge >= 0.3 is 120 Å². The van der Waals surface area contributed by atoms with Crippen molar-refractivity contribution in [3.8, 4) is 0 Å². The topological polar surface area (TPSA) is 46.2 Å². The van der Waals surface area contributed by atoms with Crippen molar-refractivity contribution in [1.82, 2.24) is 4.72 Å². The zero-order valence-electron chi connectivity index (χ0n) is 12.1. The molecule has 1 rings (SSSR count). The summed E-state index contributed by atoms with van der Waals surface area (Å²) >= 11 is -2.28. The zero-order valence-corrected chi connectivity index (χ0v) is 15.8. The summed E-state index contributed by atoms with van der Waals surface area (Å²) in [5.41, 5.74) is 0.432. The molecule has 0 heterocycles. The Morgan fingerprint density at radius 1 is 1.32 bits per heavy atom. The van der Waals surface area contributed by atoms with Crippen LogP contribution in [0.5, 0.6) is 0 Å². The van der Waals surface area contributed by atoms with E-state index in [1.165, 1.54) is 9.65 Å². The van der Waals surface area contributed by atoms with Crippen molar-refractivity contribution in [1.29, 1.82) is 0 Å². The molecule has 1 aromatic carbocycles. The Kier molecular flexibility index (Phi) is 5.42. The maximum absolute atomic E-state index is 13.9. The average Bonchev–Trinajstić information content (AvgIpc) is 2.27. The number of nitrogens with one attached hydrogen (secondary N) is 1. The van der Waals surface area contributed by atoms with Crippen molar-refractivity contribution in [2.24, 2.45) is 0 Å². The van der Waals surface area contributed by atoms with Gasteiger partial charge in [-0.2, -0.15) is 0 Å². The summed E-state index contributed by atoms with van der Waals surface area (Å²) in [6.45, 7) is 3.24. The van der Waals surface area contributed by atoms with Gasteiger partial charge in [0.25, 0.3) is 0 Å². The Morgan fingerprint density at radius 2 is 1.89 bits per heavy atom. The molecule has 0 amide bonds. The number of benzene rings is 1. The Balaban J connectivity index is 3.13. The summed E-state index contributed by atoms with van der Waals surface area (Å²) in [7, 11) is -3.33. The molecule has 1 N–H and O–H groups in total. The van der Waals surface area contributed by atoms with Crippen LogP contribution in [-0.2, 0) is 10.0 Å². The molecule has 108 valence electrons. The molecule has 3 nitrogen and oxygen atoms in total. The van der Waals surface area contributed by atoms with Crippen LogP contribution in [0.25, 0.3) is 0 Å². The molecule has 1 unspecified atom stereocenters. The maximum atomic E-state index is 13.9. The van der Waals surface area contributed by atoms with Crippen LogP contribution in [0.1, 0.15) is 25.5 Å². The molecule has 0 aromatic heterocycles. The van der Waals surface area contributed by atoms with Crippen LogP contribution in [0.2, 0.25) is 14.8 Å². The number of rotatable bonds is 5. The molecule has 0 spiro atoms. The van der Waals surface area contributed by atoms with Crippen LogP contribution >= 0.6 is 0 Å². The van der Waals surface area contributed by atoms with E-state index < -0.39 is 34.4 Å². The summed E-state index contributed by atoms with van der Waals surface area (Å²) in [4.78, 5) is 6.73. The van der Waals surface area contributed by atoms with Crippen LogP contribution in [0.4, 0.5) is 4.39 Å². The number of hydrogen-bond donors (Lipinski definition) is 1. The van der Waals surface area contributed by atoms with Gasteiger partial charge in [-0.3, -0.25) is 0 Å². The van der Waals surface area contributed by atoms with Gasteiger partial charge in [0.05, 0.1) is 0 Å². The summed E-state index contributed by atoms with van der Waals surface area (Å²) in [5, 5.41) is 0.